The zero-order chi connectivity index (χ0) is 14.0. The van der Waals surface area contributed by atoms with Crippen LogP contribution in [-0.4, -0.2) is 18.9 Å². The fourth-order valence-corrected chi connectivity index (χ4v) is 3.35. The molecule has 102 valence electrons. The summed E-state index contributed by atoms with van der Waals surface area (Å²) in [5.74, 6) is 0.757. The normalized spacial score (nSPS) is 14.2. The summed E-state index contributed by atoms with van der Waals surface area (Å²) in [5, 5.41) is 10.2. The molecule has 4 nitrogen and oxygen atoms in total. The average Bonchev–Trinajstić information content (AvgIpc) is 3.18. The molecule has 0 aromatic carbocycles. The average molecular weight is 277 g/mol. The minimum Gasteiger partial charge on any atom is -0.396 e. The van der Waals surface area contributed by atoms with Crippen LogP contribution in [0.2, 0.25) is 0 Å². The molecule has 1 aromatic rings. The lowest BCUT2D eigenvalue weighted by Crippen LogP contribution is -2.24. The van der Waals surface area contributed by atoms with Crippen LogP contribution in [0.1, 0.15) is 48.3 Å². The highest BCUT2D eigenvalue weighted by atomic mass is 32.1. The Morgan fingerprint density at radius 2 is 2.21 bits per heavy atom. The van der Waals surface area contributed by atoms with Crippen LogP contribution >= 0.6 is 11.3 Å². The zero-order valence-corrected chi connectivity index (χ0v) is 12.2. The van der Waals surface area contributed by atoms with E-state index in [9.17, 15) is 10.1 Å². The van der Waals surface area contributed by atoms with Crippen molar-refractivity contribution in [3.63, 3.8) is 0 Å². The topological polar surface area (TPSA) is 70.1 Å². The lowest BCUT2D eigenvalue weighted by molar-refractivity contribution is 0.0993. The number of hydrogen-bond acceptors (Lipinski definition) is 5. The van der Waals surface area contributed by atoms with Gasteiger partial charge in [-0.1, -0.05) is 6.92 Å². The van der Waals surface area contributed by atoms with Crippen molar-refractivity contribution in [3.05, 3.63) is 10.4 Å². The number of nitrogens with two attached hydrogens (primary N) is 1. The molecule has 1 aliphatic rings. The van der Waals surface area contributed by atoms with E-state index in [1.54, 1.807) is 0 Å². The summed E-state index contributed by atoms with van der Waals surface area (Å²) in [5.41, 5.74) is 6.81. The molecule has 0 amide bonds. The molecule has 0 spiro atoms. The Morgan fingerprint density at radius 3 is 2.68 bits per heavy atom. The lowest BCUT2D eigenvalue weighted by atomic mass is 10.2. The highest BCUT2D eigenvalue weighted by Crippen LogP contribution is 2.40. The summed E-state index contributed by atoms with van der Waals surface area (Å²) < 4.78 is 0. The Morgan fingerprint density at radius 1 is 1.53 bits per heavy atom. The third-order valence-electron chi connectivity index (χ3n) is 3.46. The molecule has 0 bridgehead atoms. The summed E-state index contributed by atoms with van der Waals surface area (Å²) >= 11 is 1.37. The van der Waals surface area contributed by atoms with Gasteiger partial charge in [-0.15, -0.1) is 11.3 Å². The number of rotatable bonds is 6. The largest absolute Gasteiger partial charge is 0.396 e. The molecular weight excluding hydrogens is 258 g/mol. The smallest absolute Gasteiger partial charge is 0.174 e. The molecule has 0 unspecified atom stereocenters. The van der Waals surface area contributed by atoms with E-state index in [2.05, 4.69) is 17.9 Å². The molecule has 0 atom stereocenters. The monoisotopic (exact) mass is 277 g/mol. The Bertz CT molecular complexity index is 526. The number of nitrogens with zero attached hydrogens (tertiary/aromatic N) is 2. The van der Waals surface area contributed by atoms with Crippen molar-refractivity contribution >= 4 is 27.8 Å². The third kappa shape index (κ3) is 2.74. The second kappa shape index (κ2) is 5.62. The molecule has 2 rings (SSSR count). The van der Waals surface area contributed by atoms with Crippen LogP contribution in [0.4, 0.5) is 10.7 Å². The van der Waals surface area contributed by atoms with Crippen molar-refractivity contribution in [2.45, 2.75) is 33.1 Å². The first kappa shape index (κ1) is 13.9. The number of nitrogen functional groups attached to an aromatic ring is 1. The molecule has 1 fully saturated rings. The van der Waals surface area contributed by atoms with Crippen molar-refractivity contribution in [2.75, 3.05) is 23.7 Å². The van der Waals surface area contributed by atoms with Crippen LogP contribution < -0.4 is 10.6 Å². The Hall–Kier alpha value is -1.54. The molecule has 0 radical (unpaired) electrons. The summed E-state index contributed by atoms with van der Waals surface area (Å²) in [6.07, 6.45) is 2.95. The number of anilines is 2. The number of carbonyl (C=O) groups is 1. The maximum Gasteiger partial charge on any atom is 0.174 e. The van der Waals surface area contributed by atoms with Gasteiger partial charge in [0.15, 0.2) is 5.78 Å². The lowest BCUT2D eigenvalue weighted by Gasteiger charge is -2.21. The summed E-state index contributed by atoms with van der Waals surface area (Å²) in [6.45, 7) is 5.69. The minimum atomic E-state index is 0.0210. The van der Waals surface area contributed by atoms with Gasteiger partial charge in [0.05, 0.1) is 10.6 Å². The Labute approximate surface area is 117 Å². The fraction of sp³-hybridized carbons (Fsp3) is 0.571. The second-order valence-corrected chi connectivity index (χ2v) is 5.89. The number of hydrogen-bond donors (Lipinski definition) is 1. The number of thiophene rings is 1. The van der Waals surface area contributed by atoms with E-state index in [0.29, 0.717) is 22.5 Å². The van der Waals surface area contributed by atoms with E-state index in [-0.39, 0.29) is 5.78 Å². The number of carbonyl (C=O) groups excluding carboxylic acids is 1. The standard InChI is InChI=1S/C14H19N3OS/c1-3-11(18)13-12(16)10(7-15)14(19-13)17(4-2)8-9-5-6-9/h9H,3-6,8,16H2,1-2H3. The van der Waals surface area contributed by atoms with Gasteiger partial charge in [-0.25, -0.2) is 0 Å². The first-order valence-corrected chi connectivity index (χ1v) is 7.54. The predicted molar refractivity (Wildman–Crippen MR) is 78.7 cm³/mol. The van der Waals surface area contributed by atoms with Gasteiger partial charge in [0, 0.05) is 19.5 Å². The van der Waals surface area contributed by atoms with E-state index in [1.165, 1.54) is 24.2 Å². The molecule has 0 saturated heterocycles. The molecule has 5 heteroatoms. The van der Waals surface area contributed by atoms with Crippen LogP contribution in [0.5, 0.6) is 0 Å². The zero-order valence-electron chi connectivity index (χ0n) is 11.4. The van der Waals surface area contributed by atoms with Crippen molar-refractivity contribution in [1.29, 1.82) is 5.26 Å². The van der Waals surface area contributed by atoms with Gasteiger partial charge in [-0.05, 0) is 25.7 Å². The van der Waals surface area contributed by atoms with Gasteiger partial charge in [0.2, 0.25) is 0 Å². The summed E-state index contributed by atoms with van der Waals surface area (Å²) in [6, 6.07) is 2.16. The molecule has 1 aromatic heterocycles. The number of ketones is 1. The van der Waals surface area contributed by atoms with Crippen molar-refractivity contribution in [3.8, 4) is 6.07 Å². The van der Waals surface area contributed by atoms with E-state index in [1.807, 2.05) is 6.92 Å². The van der Waals surface area contributed by atoms with Gasteiger partial charge in [0.1, 0.15) is 16.6 Å². The van der Waals surface area contributed by atoms with Crippen LogP contribution in [0.3, 0.4) is 0 Å². The van der Waals surface area contributed by atoms with Gasteiger partial charge in [-0.3, -0.25) is 4.79 Å². The quantitative estimate of drug-likeness (QED) is 0.811. The van der Waals surface area contributed by atoms with Crippen molar-refractivity contribution in [2.24, 2.45) is 5.92 Å². The Kier molecular flexibility index (Phi) is 4.11. The Balaban J connectivity index is 2.37. The predicted octanol–water partition coefficient (Wildman–Crippen LogP) is 3.03. The van der Waals surface area contributed by atoms with E-state index in [4.69, 9.17) is 5.73 Å². The summed E-state index contributed by atoms with van der Waals surface area (Å²) in [4.78, 5) is 14.6. The first-order valence-electron chi connectivity index (χ1n) is 6.72. The van der Waals surface area contributed by atoms with Crippen LogP contribution in [0.25, 0.3) is 0 Å². The summed E-state index contributed by atoms with van der Waals surface area (Å²) in [7, 11) is 0. The minimum absolute atomic E-state index is 0.0210. The molecular formula is C14H19N3OS. The fourth-order valence-electron chi connectivity index (χ4n) is 2.10. The van der Waals surface area contributed by atoms with Crippen LogP contribution in [0, 0.1) is 17.2 Å². The number of Topliss-reactive ketones (excluding diaryl/α,β-unsaturated/α-hetero) is 1. The van der Waals surface area contributed by atoms with Crippen molar-refractivity contribution < 1.29 is 4.79 Å². The van der Waals surface area contributed by atoms with E-state index in [0.717, 1.165) is 24.0 Å². The van der Waals surface area contributed by atoms with Crippen LogP contribution in [0.15, 0.2) is 0 Å². The molecule has 1 saturated carbocycles. The maximum absolute atomic E-state index is 11.9. The molecule has 1 aliphatic carbocycles. The second-order valence-electron chi connectivity index (χ2n) is 4.90. The number of nitriles is 1. The van der Waals surface area contributed by atoms with E-state index >= 15 is 0 Å². The van der Waals surface area contributed by atoms with Gasteiger partial charge in [-0.2, -0.15) is 5.26 Å². The molecule has 1 heterocycles. The maximum atomic E-state index is 11.9. The molecule has 0 aliphatic heterocycles. The molecule has 19 heavy (non-hydrogen) atoms. The van der Waals surface area contributed by atoms with Gasteiger partial charge in [0.25, 0.3) is 0 Å². The third-order valence-corrected chi connectivity index (χ3v) is 4.76. The van der Waals surface area contributed by atoms with Crippen LogP contribution in [-0.2, 0) is 0 Å². The van der Waals surface area contributed by atoms with E-state index < -0.39 is 0 Å². The SMILES string of the molecule is CCC(=O)c1sc(N(CC)CC2CC2)c(C#N)c1N. The highest BCUT2D eigenvalue weighted by molar-refractivity contribution is 7.19. The molecule has 2 N–H and O–H groups in total. The highest BCUT2D eigenvalue weighted by Gasteiger charge is 2.28. The van der Waals surface area contributed by atoms with Crippen molar-refractivity contribution in [1.82, 2.24) is 0 Å². The first-order chi connectivity index (χ1) is 9.12. The van der Waals surface area contributed by atoms with Gasteiger partial charge >= 0.3 is 0 Å². The van der Waals surface area contributed by atoms with Gasteiger partial charge < -0.3 is 10.6 Å².